The van der Waals surface area contributed by atoms with Crippen molar-refractivity contribution in [3.05, 3.63) is 63.9 Å². The van der Waals surface area contributed by atoms with Crippen molar-refractivity contribution in [3.8, 4) is 11.4 Å². The first-order chi connectivity index (χ1) is 12.5. The maximum absolute atomic E-state index is 13.4. The van der Waals surface area contributed by atoms with Crippen LogP contribution in [0.2, 0.25) is 10.0 Å². The Kier molecular flexibility index (Phi) is 5.39. The lowest BCUT2D eigenvalue weighted by atomic mass is 10.2. The van der Waals surface area contributed by atoms with Gasteiger partial charge in [-0.3, -0.25) is 0 Å². The number of ether oxygens (including phenoxy) is 1. The fourth-order valence-electron chi connectivity index (χ4n) is 2.14. The summed E-state index contributed by atoms with van der Waals surface area (Å²) in [6, 6.07) is 7.50. The third kappa shape index (κ3) is 3.79. The predicted octanol–water partition coefficient (Wildman–Crippen LogP) is 4.58. The lowest BCUT2D eigenvalue weighted by molar-refractivity contribution is 0.0594. The third-order valence-corrected chi connectivity index (χ3v) is 4.07. The first kappa shape index (κ1) is 18.2. The topological polar surface area (TPSA) is 77.2 Å². The minimum absolute atomic E-state index is 0.000338. The summed E-state index contributed by atoms with van der Waals surface area (Å²) >= 11 is 12.1. The van der Waals surface area contributed by atoms with Crippen LogP contribution in [0.3, 0.4) is 0 Å². The molecule has 2 aromatic heterocycles. The number of carbonyl (C=O) groups is 1. The van der Waals surface area contributed by atoms with Gasteiger partial charge in [-0.1, -0.05) is 23.2 Å². The molecule has 0 unspecified atom stereocenters. The van der Waals surface area contributed by atoms with Crippen LogP contribution in [0.5, 0.6) is 0 Å². The number of hydrogen-bond acceptors (Lipinski definition) is 6. The smallest absolute Gasteiger partial charge is 0.358 e. The van der Waals surface area contributed by atoms with Crippen LogP contribution in [0.4, 0.5) is 10.2 Å². The van der Waals surface area contributed by atoms with E-state index in [9.17, 15) is 9.18 Å². The Morgan fingerprint density at radius 1 is 1.31 bits per heavy atom. The van der Waals surface area contributed by atoms with Crippen LogP contribution in [0.1, 0.15) is 16.2 Å². The van der Waals surface area contributed by atoms with E-state index < -0.39 is 11.8 Å². The van der Waals surface area contributed by atoms with Crippen LogP contribution in [-0.4, -0.2) is 23.0 Å². The molecule has 0 spiro atoms. The number of carbonyl (C=O) groups excluding carboxylic acids is 1. The van der Waals surface area contributed by atoms with Crippen molar-refractivity contribution in [1.82, 2.24) is 9.97 Å². The number of rotatable bonds is 5. The Labute approximate surface area is 157 Å². The van der Waals surface area contributed by atoms with Crippen LogP contribution in [0.25, 0.3) is 11.4 Å². The Balaban J connectivity index is 2.04. The fourth-order valence-corrected chi connectivity index (χ4v) is 2.55. The van der Waals surface area contributed by atoms with Crippen molar-refractivity contribution in [2.75, 3.05) is 12.4 Å². The largest absolute Gasteiger partial charge is 0.467 e. The average molecular weight is 396 g/mol. The summed E-state index contributed by atoms with van der Waals surface area (Å²) in [6.07, 6.45) is 1.53. The summed E-state index contributed by atoms with van der Waals surface area (Å²) in [6.45, 7) is 0.286. The summed E-state index contributed by atoms with van der Waals surface area (Å²) in [5.41, 5.74) is 0.292. The molecule has 0 saturated carbocycles. The van der Waals surface area contributed by atoms with Crippen molar-refractivity contribution >= 4 is 35.0 Å². The molecule has 0 atom stereocenters. The van der Waals surface area contributed by atoms with Crippen LogP contribution in [0, 0.1) is 5.82 Å². The van der Waals surface area contributed by atoms with Gasteiger partial charge < -0.3 is 14.5 Å². The van der Waals surface area contributed by atoms with E-state index in [1.807, 2.05) is 0 Å². The molecular weight excluding hydrogens is 384 g/mol. The highest BCUT2D eigenvalue weighted by atomic mass is 35.5. The lowest BCUT2D eigenvalue weighted by Gasteiger charge is -2.11. The van der Waals surface area contributed by atoms with Gasteiger partial charge >= 0.3 is 5.97 Å². The number of nitrogens with zero attached hydrogens (tertiary/aromatic N) is 2. The molecule has 0 fully saturated rings. The molecule has 0 aliphatic heterocycles. The zero-order valence-electron chi connectivity index (χ0n) is 13.4. The molecule has 0 saturated heterocycles. The zero-order valence-corrected chi connectivity index (χ0v) is 14.9. The van der Waals surface area contributed by atoms with Crippen LogP contribution >= 0.6 is 23.2 Å². The molecule has 0 amide bonds. The van der Waals surface area contributed by atoms with Gasteiger partial charge in [-0.05, 0) is 30.3 Å². The second kappa shape index (κ2) is 7.72. The first-order valence-corrected chi connectivity index (χ1v) is 8.12. The maximum atomic E-state index is 13.4. The van der Waals surface area contributed by atoms with E-state index >= 15 is 0 Å². The van der Waals surface area contributed by atoms with Gasteiger partial charge in [0.25, 0.3) is 0 Å². The lowest BCUT2D eigenvalue weighted by Crippen LogP contribution is -2.11. The van der Waals surface area contributed by atoms with E-state index in [1.54, 1.807) is 12.1 Å². The number of methoxy groups -OCH3 is 1. The molecule has 9 heteroatoms. The normalized spacial score (nSPS) is 10.6. The number of nitrogens with one attached hydrogen (secondary N) is 1. The van der Waals surface area contributed by atoms with Crippen molar-refractivity contribution < 1.29 is 18.3 Å². The molecular formula is C17H12Cl2FN3O3. The first-order valence-electron chi connectivity index (χ1n) is 7.37. The number of hydrogen-bond donors (Lipinski definition) is 1. The number of benzene rings is 1. The molecule has 3 aromatic rings. The molecule has 1 aromatic carbocycles. The number of esters is 1. The second-order valence-electron chi connectivity index (χ2n) is 5.11. The highest BCUT2D eigenvalue weighted by molar-refractivity contribution is 6.35. The number of halogens is 3. The quantitative estimate of drug-likeness (QED) is 0.637. The van der Waals surface area contributed by atoms with E-state index in [2.05, 4.69) is 15.3 Å². The van der Waals surface area contributed by atoms with Gasteiger partial charge in [0.15, 0.2) is 11.5 Å². The SMILES string of the molecule is COC(=O)c1nc(-c2ccc(F)c(Cl)c2)nc(NCc2ccco2)c1Cl. The van der Waals surface area contributed by atoms with E-state index in [4.69, 9.17) is 32.4 Å². The van der Waals surface area contributed by atoms with Gasteiger partial charge in [-0.25, -0.2) is 19.2 Å². The fraction of sp³-hybridized carbons (Fsp3) is 0.118. The maximum Gasteiger partial charge on any atom is 0.358 e. The highest BCUT2D eigenvalue weighted by Gasteiger charge is 2.20. The van der Waals surface area contributed by atoms with Crippen LogP contribution in [0.15, 0.2) is 41.0 Å². The number of anilines is 1. The van der Waals surface area contributed by atoms with Gasteiger partial charge in [0.2, 0.25) is 0 Å². The van der Waals surface area contributed by atoms with Gasteiger partial charge in [0, 0.05) is 5.56 Å². The predicted molar refractivity (Wildman–Crippen MR) is 94.8 cm³/mol. The Morgan fingerprint density at radius 2 is 2.12 bits per heavy atom. The molecule has 0 bridgehead atoms. The molecule has 0 aliphatic carbocycles. The second-order valence-corrected chi connectivity index (χ2v) is 5.90. The van der Waals surface area contributed by atoms with Crippen molar-refractivity contribution in [1.29, 1.82) is 0 Å². The standard InChI is InChI=1S/C17H12Cl2FN3O3/c1-25-17(24)14-13(19)16(21-8-10-3-2-6-26-10)23-15(22-14)9-4-5-12(20)11(18)7-9/h2-7H,8H2,1H3,(H,21,22,23). The monoisotopic (exact) mass is 395 g/mol. The molecule has 26 heavy (non-hydrogen) atoms. The van der Waals surface area contributed by atoms with Crippen LogP contribution in [-0.2, 0) is 11.3 Å². The van der Waals surface area contributed by atoms with E-state index in [-0.39, 0.29) is 33.9 Å². The van der Waals surface area contributed by atoms with E-state index in [0.29, 0.717) is 11.3 Å². The number of furan rings is 1. The summed E-state index contributed by atoms with van der Waals surface area (Å²) in [5.74, 6) is -0.320. The molecule has 6 nitrogen and oxygen atoms in total. The zero-order chi connectivity index (χ0) is 18.7. The van der Waals surface area contributed by atoms with Gasteiger partial charge in [0.05, 0.1) is 24.9 Å². The van der Waals surface area contributed by atoms with Crippen molar-refractivity contribution in [3.63, 3.8) is 0 Å². The molecule has 2 heterocycles. The summed E-state index contributed by atoms with van der Waals surface area (Å²) in [4.78, 5) is 20.4. The molecule has 0 aliphatic rings. The van der Waals surface area contributed by atoms with Gasteiger partial charge in [0.1, 0.15) is 22.4 Å². The van der Waals surface area contributed by atoms with E-state index in [1.165, 1.54) is 31.6 Å². The Hall–Kier alpha value is -2.64. The van der Waals surface area contributed by atoms with Crippen LogP contribution < -0.4 is 5.32 Å². The van der Waals surface area contributed by atoms with Crippen molar-refractivity contribution in [2.24, 2.45) is 0 Å². The Bertz CT molecular complexity index is 949. The van der Waals surface area contributed by atoms with Gasteiger partial charge in [-0.2, -0.15) is 0 Å². The van der Waals surface area contributed by atoms with Gasteiger partial charge in [-0.15, -0.1) is 0 Å². The average Bonchev–Trinajstić information content (AvgIpc) is 3.16. The third-order valence-electron chi connectivity index (χ3n) is 3.42. The minimum Gasteiger partial charge on any atom is -0.467 e. The molecule has 134 valence electrons. The summed E-state index contributed by atoms with van der Waals surface area (Å²) in [5, 5.41) is 2.89. The van der Waals surface area contributed by atoms with E-state index in [0.717, 1.165) is 0 Å². The molecule has 1 N–H and O–H groups in total. The Morgan fingerprint density at radius 3 is 2.77 bits per heavy atom. The summed E-state index contributed by atoms with van der Waals surface area (Å²) in [7, 11) is 1.21. The molecule has 0 radical (unpaired) electrons. The summed E-state index contributed by atoms with van der Waals surface area (Å²) < 4.78 is 23.4. The minimum atomic E-state index is -0.729. The molecule has 3 rings (SSSR count). The number of aromatic nitrogens is 2. The highest BCUT2D eigenvalue weighted by Crippen LogP contribution is 2.29. The van der Waals surface area contributed by atoms with Crippen molar-refractivity contribution in [2.45, 2.75) is 6.54 Å².